The van der Waals surface area contributed by atoms with Gasteiger partial charge in [-0.2, -0.15) is 0 Å². The van der Waals surface area contributed by atoms with Crippen LogP contribution in [0.1, 0.15) is 18.9 Å². The number of nitrogens with zero attached hydrogens (tertiary/aromatic N) is 2. The lowest BCUT2D eigenvalue weighted by molar-refractivity contribution is 0.114. The molecule has 3 N–H and O–H groups in total. The van der Waals surface area contributed by atoms with Crippen LogP contribution in [0.25, 0.3) is 0 Å². The highest BCUT2D eigenvalue weighted by atomic mass is 16.6. The fourth-order valence-electron chi connectivity index (χ4n) is 2.74. The van der Waals surface area contributed by atoms with Gasteiger partial charge >= 0.3 is 6.09 Å². The van der Waals surface area contributed by atoms with Crippen molar-refractivity contribution in [1.82, 2.24) is 4.90 Å². The summed E-state index contributed by atoms with van der Waals surface area (Å²) in [6.07, 6.45) is 0.430. The number of para-hydroxylation sites is 1. The van der Waals surface area contributed by atoms with Crippen molar-refractivity contribution in [2.75, 3.05) is 25.0 Å². The van der Waals surface area contributed by atoms with Crippen LogP contribution in [0.2, 0.25) is 0 Å². The number of amides is 1. The lowest BCUT2D eigenvalue weighted by Crippen LogP contribution is -2.45. The Bertz CT molecular complexity index is 572. The molecule has 1 amide bonds. The molecule has 2 heterocycles. The maximum atomic E-state index is 11.8. The molecule has 1 aromatic carbocycles. The number of likely N-dealkylation sites (tertiary alicyclic amines) is 1. The fourth-order valence-corrected chi connectivity index (χ4v) is 2.74. The molecule has 3 rings (SSSR count). The number of nitrogens with two attached hydrogens (primary N) is 1. The molecule has 1 aromatic rings. The van der Waals surface area contributed by atoms with Gasteiger partial charge in [0, 0.05) is 24.2 Å². The maximum absolute atomic E-state index is 11.8. The minimum Gasteiger partial charge on any atom is -0.450 e. The minimum absolute atomic E-state index is 0.293. The molecule has 1 unspecified atom stereocenters. The highest BCUT2D eigenvalue weighted by Gasteiger charge is 2.42. The summed E-state index contributed by atoms with van der Waals surface area (Å²) in [6, 6.07) is 7.80. The quantitative estimate of drug-likeness (QED) is 0.810. The summed E-state index contributed by atoms with van der Waals surface area (Å²) >= 11 is 0. The number of nitrogens with one attached hydrogen (secondary N) is 1. The summed E-state index contributed by atoms with van der Waals surface area (Å²) in [6.45, 7) is 3.27. The number of carbonyl (C=O) groups is 1. The third-order valence-electron chi connectivity index (χ3n) is 3.68. The first-order valence-electron chi connectivity index (χ1n) is 6.78. The number of hydrogen-bond acceptors (Lipinski definition) is 5. The number of hydrogen-bond donors (Lipinski definition) is 2. The Morgan fingerprint density at radius 1 is 1.55 bits per heavy atom. The zero-order valence-electron chi connectivity index (χ0n) is 11.4. The molecule has 0 bridgehead atoms. The number of amidine groups is 1. The highest BCUT2D eigenvalue weighted by Crippen LogP contribution is 2.33. The summed E-state index contributed by atoms with van der Waals surface area (Å²) in [5.74, 6) is 0.519. The van der Waals surface area contributed by atoms with Gasteiger partial charge in [-0.1, -0.05) is 12.1 Å². The van der Waals surface area contributed by atoms with Gasteiger partial charge in [0.05, 0.1) is 13.2 Å². The zero-order chi connectivity index (χ0) is 14.2. The van der Waals surface area contributed by atoms with Crippen LogP contribution in [0.5, 0.6) is 0 Å². The van der Waals surface area contributed by atoms with E-state index in [1.807, 2.05) is 24.3 Å². The second-order valence-electron chi connectivity index (χ2n) is 5.07. The largest absolute Gasteiger partial charge is 0.450 e. The van der Waals surface area contributed by atoms with Crippen LogP contribution < -0.4 is 11.1 Å². The summed E-state index contributed by atoms with van der Waals surface area (Å²) < 4.78 is 5.04. The molecule has 6 heteroatoms. The predicted octanol–water partition coefficient (Wildman–Crippen LogP) is 1.38. The average molecular weight is 274 g/mol. The van der Waals surface area contributed by atoms with Crippen LogP contribution in [-0.2, 0) is 4.74 Å². The van der Waals surface area contributed by atoms with E-state index in [4.69, 9.17) is 10.5 Å². The Morgan fingerprint density at radius 3 is 3.15 bits per heavy atom. The molecule has 1 fully saturated rings. The molecule has 0 aromatic heterocycles. The number of anilines is 1. The van der Waals surface area contributed by atoms with E-state index in [0.717, 1.165) is 17.7 Å². The van der Waals surface area contributed by atoms with Crippen molar-refractivity contribution >= 4 is 17.6 Å². The number of fused-ring (bicyclic) bond motifs is 1. The maximum Gasteiger partial charge on any atom is 0.409 e. The predicted molar refractivity (Wildman–Crippen MR) is 76.7 cm³/mol. The summed E-state index contributed by atoms with van der Waals surface area (Å²) in [4.78, 5) is 18.0. The van der Waals surface area contributed by atoms with Gasteiger partial charge in [0.2, 0.25) is 0 Å². The van der Waals surface area contributed by atoms with Gasteiger partial charge in [-0.15, -0.1) is 0 Å². The van der Waals surface area contributed by atoms with Gasteiger partial charge in [-0.05, 0) is 19.1 Å². The monoisotopic (exact) mass is 274 g/mol. The van der Waals surface area contributed by atoms with Gasteiger partial charge in [-0.25, -0.2) is 9.79 Å². The van der Waals surface area contributed by atoms with Crippen LogP contribution >= 0.6 is 0 Å². The van der Waals surface area contributed by atoms with Crippen LogP contribution in [0.4, 0.5) is 10.5 Å². The van der Waals surface area contributed by atoms with E-state index in [2.05, 4.69) is 10.3 Å². The van der Waals surface area contributed by atoms with Crippen molar-refractivity contribution in [3.63, 3.8) is 0 Å². The van der Waals surface area contributed by atoms with E-state index < -0.39 is 5.66 Å². The van der Waals surface area contributed by atoms with E-state index in [1.54, 1.807) is 11.8 Å². The van der Waals surface area contributed by atoms with Crippen molar-refractivity contribution in [2.45, 2.75) is 19.0 Å². The third-order valence-corrected chi connectivity index (χ3v) is 3.68. The minimum atomic E-state index is -0.523. The highest BCUT2D eigenvalue weighted by molar-refractivity contribution is 6.04. The lowest BCUT2D eigenvalue weighted by atomic mass is 10.0. The standard InChI is InChI=1S/C14H18N4O2/c1-2-20-13(19)18-8-7-14(9-18)16-11-6-4-3-5-10(11)12(15)17-14/h3-6,16H,2,7-9H2,1H3,(H2,15,17). The Morgan fingerprint density at radius 2 is 2.35 bits per heavy atom. The smallest absolute Gasteiger partial charge is 0.409 e. The molecule has 20 heavy (non-hydrogen) atoms. The van der Waals surface area contributed by atoms with Crippen LogP contribution in [-0.4, -0.2) is 42.2 Å². The molecule has 6 nitrogen and oxygen atoms in total. The molecule has 106 valence electrons. The zero-order valence-corrected chi connectivity index (χ0v) is 11.4. The van der Waals surface area contributed by atoms with Crippen molar-refractivity contribution in [2.24, 2.45) is 10.7 Å². The van der Waals surface area contributed by atoms with Crippen molar-refractivity contribution < 1.29 is 9.53 Å². The molecule has 0 aliphatic carbocycles. The van der Waals surface area contributed by atoms with E-state index in [0.29, 0.717) is 25.5 Å². The van der Waals surface area contributed by atoms with Gasteiger partial charge < -0.3 is 20.7 Å². The van der Waals surface area contributed by atoms with Crippen molar-refractivity contribution in [3.8, 4) is 0 Å². The molecular formula is C14H18N4O2. The summed E-state index contributed by atoms with van der Waals surface area (Å²) in [5, 5.41) is 3.41. The molecule has 1 spiro atoms. The normalized spacial score (nSPS) is 24.1. The number of ether oxygens (including phenoxy) is 1. The van der Waals surface area contributed by atoms with Gasteiger partial charge in [0.15, 0.2) is 5.66 Å². The SMILES string of the molecule is CCOC(=O)N1CCC2(C1)N=C(N)c1ccccc1N2. The van der Waals surface area contributed by atoms with Crippen LogP contribution in [0.15, 0.2) is 29.3 Å². The van der Waals surface area contributed by atoms with Gasteiger partial charge in [-0.3, -0.25) is 0 Å². The van der Waals surface area contributed by atoms with Gasteiger partial charge in [0.1, 0.15) is 5.84 Å². The topological polar surface area (TPSA) is 80.0 Å². The number of aliphatic imine (C=N–C) groups is 1. The first-order chi connectivity index (χ1) is 9.63. The molecule has 2 aliphatic rings. The number of rotatable bonds is 1. The Balaban J connectivity index is 1.83. The lowest BCUT2D eigenvalue weighted by Gasteiger charge is -2.32. The molecule has 1 saturated heterocycles. The van der Waals surface area contributed by atoms with Gasteiger partial charge in [0.25, 0.3) is 0 Å². The van der Waals surface area contributed by atoms with Crippen LogP contribution in [0, 0.1) is 0 Å². The summed E-state index contributed by atoms with van der Waals surface area (Å²) in [7, 11) is 0. The first kappa shape index (κ1) is 12.8. The van der Waals surface area contributed by atoms with E-state index >= 15 is 0 Å². The molecule has 0 saturated carbocycles. The molecular weight excluding hydrogens is 256 g/mol. The molecule has 2 aliphatic heterocycles. The Hall–Kier alpha value is -2.24. The van der Waals surface area contributed by atoms with Crippen LogP contribution in [0.3, 0.4) is 0 Å². The summed E-state index contributed by atoms with van der Waals surface area (Å²) in [5.41, 5.74) is 7.41. The number of carbonyl (C=O) groups excluding carboxylic acids is 1. The third kappa shape index (κ3) is 2.07. The fraction of sp³-hybridized carbons (Fsp3) is 0.429. The average Bonchev–Trinajstić information content (AvgIpc) is 2.83. The van der Waals surface area contributed by atoms with Crippen molar-refractivity contribution in [1.29, 1.82) is 0 Å². The van der Waals surface area contributed by atoms with E-state index in [-0.39, 0.29) is 6.09 Å². The Kier molecular flexibility index (Phi) is 3.00. The van der Waals surface area contributed by atoms with Crippen molar-refractivity contribution in [3.05, 3.63) is 29.8 Å². The van der Waals surface area contributed by atoms with E-state index in [1.165, 1.54) is 0 Å². The molecule has 1 atom stereocenters. The number of benzene rings is 1. The second kappa shape index (κ2) is 4.70. The first-order valence-corrected chi connectivity index (χ1v) is 6.78. The second-order valence-corrected chi connectivity index (χ2v) is 5.07. The molecule has 0 radical (unpaired) electrons. The van der Waals surface area contributed by atoms with E-state index in [9.17, 15) is 4.79 Å². The Labute approximate surface area is 117 Å².